The van der Waals surface area contributed by atoms with Gasteiger partial charge in [0, 0.05) is 32.4 Å². The van der Waals surface area contributed by atoms with Crippen molar-refractivity contribution in [2.24, 2.45) is 0 Å². The van der Waals surface area contributed by atoms with E-state index in [0.29, 0.717) is 25.4 Å². The lowest BCUT2D eigenvalue weighted by atomic mass is 10.2. The molecule has 0 fully saturated rings. The molecule has 1 aromatic heterocycles. The molecular formula is C14H22N2O4. The fraction of sp³-hybridized carbons (Fsp3) is 0.571. The maximum atomic E-state index is 12.5. The average Bonchev–Trinajstić information content (AvgIpc) is 2.84. The van der Waals surface area contributed by atoms with E-state index in [-0.39, 0.29) is 18.4 Å². The largest absolute Gasteiger partial charge is 0.481 e. The first-order chi connectivity index (χ1) is 9.51. The molecule has 0 saturated carbocycles. The molecule has 1 N–H and O–H groups in total. The Bertz CT molecular complexity index is 456. The van der Waals surface area contributed by atoms with E-state index in [1.165, 1.54) is 0 Å². The number of amides is 1. The molecule has 0 aliphatic rings. The van der Waals surface area contributed by atoms with Crippen LogP contribution in [0.25, 0.3) is 0 Å². The van der Waals surface area contributed by atoms with Gasteiger partial charge in [-0.15, -0.1) is 0 Å². The molecule has 0 bridgehead atoms. The molecule has 6 heteroatoms. The Morgan fingerprint density at radius 3 is 2.75 bits per heavy atom. The number of ether oxygens (including phenoxy) is 1. The van der Waals surface area contributed by atoms with Crippen LogP contribution in [-0.4, -0.2) is 52.8 Å². The molecule has 1 amide bonds. The molecule has 112 valence electrons. The van der Waals surface area contributed by atoms with E-state index in [2.05, 4.69) is 0 Å². The summed E-state index contributed by atoms with van der Waals surface area (Å²) in [6.45, 7) is 5.18. The van der Waals surface area contributed by atoms with Crippen LogP contribution in [-0.2, 0) is 16.1 Å². The molecule has 20 heavy (non-hydrogen) atoms. The van der Waals surface area contributed by atoms with Crippen LogP contribution in [0.2, 0.25) is 0 Å². The van der Waals surface area contributed by atoms with Gasteiger partial charge in [0.05, 0.1) is 13.0 Å². The SMILES string of the molecule is CCN(C(=O)c1cccn1CCOC)C(C)CC(=O)O. The fourth-order valence-corrected chi connectivity index (χ4v) is 2.16. The molecule has 1 rings (SSSR count). The first-order valence-corrected chi connectivity index (χ1v) is 6.68. The molecule has 1 heterocycles. The highest BCUT2D eigenvalue weighted by atomic mass is 16.5. The Kier molecular flexibility index (Phi) is 6.24. The van der Waals surface area contributed by atoms with Crippen molar-refractivity contribution < 1.29 is 19.4 Å². The molecule has 1 aromatic rings. The van der Waals surface area contributed by atoms with Gasteiger partial charge >= 0.3 is 5.97 Å². The quantitative estimate of drug-likeness (QED) is 0.783. The second-order valence-electron chi connectivity index (χ2n) is 4.62. The highest BCUT2D eigenvalue weighted by molar-refractivity contribution is 5.93. The summed E-state index contributed by atoms with van der Waals surface area (Å²) in [6, 6.07) is 3.21. The number of carbonyl (C=O) groups excluding carboxylic acids is 1. The van der Waals surface area contributed by atoms with Crippen molar-refractivity contribution in [3.05, 3.63) is 24.0 Å². The number of methoxy groups -OCH3 is 1. The molecule has 1 atom stereocenters. The fourth-order valence-electron chi connectivity index (χ4n) is 2.16. The number of hydrogen-bond donors (Lipinski definition) is 1. The maximum Gasteiger partial charge on any atom is 0.305 e. The molecule has 0 aliphatic carbocycles. The maximum absolute atomic E-state index is 12.5. The number of hydrogen-bond acceptors (Lipinski definition) is 3. The summed E-state index contributed by atoms with van der Waals surface area (Å²) >= 11 is 0. The van der Waals surface area contributed by atoms with Gasteiger partial charge in [0.25, 0.3) is 5.91 Å². The third-order valence-electron chi connectivity index (χ3n) is 3.19. The number of carboxylic acids is 1. The smallest absolute Gasteiger partial charge is 0.305 e. The van der Waals surface area contributed by atoms with Crippen LogP contribution in [0.15, 0.2) is 18.3 Å². The summed E-state index contributed by atoms with van der Waals surface area (Å²) in [5, 5.41) is 8.85. The standard InChI is InChI=1S/C14H22N2O4/c1-4-16(11(2)10-13(17)18)14(19)12-6-5-7-15(12)8-9-20-3/h5-7,11H,4,8-10H2,1-3H3,(H,17,18). The molecule has 0 aliphatic heterocycles. The Labute approximate surface area is 118 Å². The number of carboxylic acid groups (broad SMARTS) is 1. The highest BCUT2D eigenvalue weighted by Gasteiger charge is 2.23. The predicted molar refractivity (Wildman–Crippen MR) is 74.7 cm³/mol. The molecule has 0 radical (unpaired) electrons. The molecular weight excluding hydrogens is 260 g/mol. The zero-order valence-electron chi connectivity index (χ0n) is 12.2. The Hall–Kier alpha value is -1.82. The van der Waals surface area contributed by atoms with Crippen molar-refractivity contribution >= 4 is 11.9 Å². The minimum Gasteiger partial charge on any atom is -0.481 e. The zero-order valence-corrected chi connectivity index (χ0v) is 12.2. The number of carbonyl (C=O) groups is 2. The van der Waals surface area contributed by atoms with E-state index in [9.17, 15) is 9.59 Å². The van der Waals surface area contributed by atoms with Crippen molar-refractivity contribution in [3.8, 4) is 0 Å². The van der Waals surface area contributed by atoms with Crippen LogP contribution in [0.3, 0.4) is 0 Å². The van der Waals surface area contributed by atoms with Gasteiger partial charge < -0.3 is 19.3 Å². The lowest BCUT2D eigenvalue weighted by Crippen LogP contribution is -2.40. The van der Waals surface area contributed by atoms with Crippen molar-refractivity contribution in [1.29, 1.82) is 0 Å². The molecule has 0 spiro atoms. The van der Waals surface area contributed by atoms with Gasteiger partial charge in [-0.05, 0) is 26.0 Å². The van der Waals surface area contributed by atoms with E-state index in [1.54, 1.807) is 31.1 Å². The summed E-state index contributed by atoms with van der Waals surface area (Å²) in [5.74, 6) is -1.05. The second-order valence-corrected chi connectivity index (χ2v) is 4.62. The van der Waals surface area contributed by atoms with Gasteiger partial charge in [-0.3, -0.25) is 9.59 Å². The monoisotopic (exact) mass is 282 g/mol. The summed E-state index contributed by atoms with van der Waals surface area (Å²) in [5.41, 5.74) is 0.557. The first-order valence-electron chi connectivity index (χ1n) is 6.68. The predicted octanol–water partition coefficient (Wildman–Crippen LogP) is 1.46. The van der Waals surface area contributed by atoms with Gasteiger partial charge in [-0.1, -0.05) is 0 Å². The Morgan fingerprint density at radius 2 is 2.20 bits per heavy atom. The normalized spacial score (nSPS) is 12.2. The van der Waals surface area contributed by atoms with Crippen LogP contribution in [0.1, 0.15) is 30.8 Å². The van der Waals surface area contributed by atoms with E-state index in [4.69, 9.17) is 9.84 Å². The summed E-state index contributed by atoms with van der Waals surface area (Å²) in [7, 11) is 1.61. The van der Waals surface area contributed by atoms with Gasteiger partial charge in [-0.2, -0.15) is 0 Å². The lowest BCUT2D eigenvalue weighted by Gasteiger charge is -2.27. The van der Waals surface area contributed by atoms with Crippen LogP contribution >= 0.6 is 0 Å². The summed E-state index contributed by atoms with van der Waals surface area (Å²) in [6.07, 6.45) is 1.76. The van der Waals surface area contributed by atoms with Gasteiger partial charge in [0.15, 0.2) is 0 Å². The number of rotatable bonds is 8. The molecule has 0 saturated heterocycles. The number of nitrogens with zero attached hydrogens (tertiary/aromatic N) is 2. The summed E-state index contributed by atoms with van der Waals surface area (Å²) in [4.78, 5) is 24.9. The first kappa shape index (κ1) is 16.2. The van der Waals surface area contributed by atoms with Gasteiger partial charge in [0.1, 0.15) is 5.69 Å². The lowest BCUT2D eigenvalue weighted by molar-refractivity contribution is -0.138. The zero-order chi connectivity index (χ0) is 15.1. The average molecular weight is 282 g/mol. The minimum atomic E-state index is -0.904. The van der Waals surface area contributed by atoms with Crippen LogP contribution < -0.4 is 0 Å². The van der Waals surface area contributed by atoms with Crippen LogP contribution in [0, 0.1) is 0 Å². The van der Waals surface area contributed by atoms with Crippen molar-refractivity contribution in [2.45, 2.75) is 32.9 Å². The molecule has 6 nitrogen and oxygen atoms in total. The van der Waals surface area contributed by atoms with Crippen molar-refractivity contribution in [1.82, 2.24) is 9.47 Å². The third-order valence-corrected chi connectivity index (χ3v) is 3.19. The van der Waals surface area contributed by atoms with Gasteiger partial charge in [-0.25, -0.2) is 0 Å². The number of aromatic nitrogens is 1. The van der Waals surface area contributed by atoms with E-state index < -0.39 is 5.97 Å². The Morgan fingerprint density at radius 1 is 1.50 bits per heavy atom. The Balaban J connectivity index is 2.85. The van der Waals surface area contributed by atoms with Crippen molar-refractivity contribution in [2.75, 3.05) is 20.3 Å². The number of aliphatic carboxylic acids is 1. The van der Waals surface area contributed by atoms with E-state index in [0.717, 1.165) is 0 Å². The summed E-state index contributed by atoms with van der Waals surface area (Å²) < 4.78 is 6.83. The van der Waals surface area contributed by atoms with Crippen LogP contribution in [0.5, 0.6) is 0 Å². The van der Waals surface area contributed by atoms with Crippen molar-refractivity contribution in [3.63, 3.8) is 0 Å². The second kappa shape index (κ2) is 7.69. The molecule has 1 unspecified atom stereocenters. The van der Waals surface area contributed by atoms with E-state index >= 15 is 0 Å². The van der Waals surface area contributed by atoms with E-state index in [1.807, 2.05) is 17.7 Å². The highest BCUT2D eigenvalue weighted by Crippen LogP contribution is 2.12. The molecule has 0 aromatic carbocycles. The van der Waals surface area contributed by atoms with Crippen LogP contribution in [0.4, 0.5) is 0 Å². The topological polar surface area (TPSA) is 71.8 Å². The minimum absolute atomic E-state index is 0.0572. The van der Waals surface area contributed by atoms with Gasteiger partial charge in [0.2, 0.25) is 0 Å². The third kappa shape index (κ3) is 4.09.